The van der Waals surface area contributed by atoms with Crippen molar-refractivity contribution < 1.29 is 23.8 Å². The molecule has 3 rings (SSSR count). The SMILES string of the molecule is C#CCOC(=O)OC1=C(c2cc(-c3ccc(C)cc3)ccc2CC)C(=O)C(C)(C)OC1(C)C. The first-order chi connectivity index (χ1) is 15.5. The van der Waals surface area contributed by atoms with Gasteiger partial charge in [0.05, 0.1) is 5.57 Å². The van der Waals surface area contributed by atoms with Crippen LogP contribution in [0, 0.1) is 19.3 Å². The lowest BCUT2D eigenvalue weighted by molar-refractivity contribution is -0.158. The largest absolute Gasteiger partial charge is 0.514 e. The monoisotopic (exact) mass is 446 g/mol. The molecule has 1 heterocycles. The Kier molecular flexibility index (Phi) is 6.81. The summed E-state index contributed by atoms with van der Waals surface area (Å²) in [5, 5.41) is 0. The van der Waals surface area contributed by atoms with Crippen LogP contribution in [0.15, 0.2) is 48.2 Å². The minimum atomic E-state index is -1.11. The number of Topliss-reactive ketones (excluding diaryl/α,β-unsaturated/α-hetero) is 1. The quantitative estimate of drug-likeness (QED) is 0.424. The zero-order valence-corrected chi connectivity index (χ0v) is 20.1. The smallest absolute Gasteiger partial charge is 0.421 e. The molecular weight excluding hydrogens is 416 g/mol. The fourth-order valence-electron chi connectivity index (χ4n) is 4.11. The Morgan fingerprint density at radius 2 is 1.67 bits per heavy atom. The van der Waals surface area contributed by atoms with Crippen LogP contribution in [0.5, 0.6) is 0 Å². The van der Waals surface area contributed by atoms with Gasteiger partial charge in [0.2, 0.25) is 0 Å². The molecule has 0 amide bonds. The number of aryl methyl sites for hydroxylation is 2. The minimum absolute atomic E-state index is 0.115. The number of hydrogen-bond donors (Lipinski definition) is 0. The number of ketones is 1. The third-order valence-electron chi connectivity index (χ3n) is 5.66. The van der Waals surface area contributed by atoms with Crippen LogP contribution in [0.1, 0.15) is 51.3 Å². The highest BCUT2D eigenvalue weighted by molar-refractivity contribution is 6.26. The Balaban J connectivity index is 2.25. The molecule has 5 heteroatoms. The van der Waals surface area contributed by atoms with E-state index in [-0.39, 0.29) is 18.1 Å². The molecular formula is C28H30O5. The molecule has 0 unspecified atom stereocenters. The second-order valence-electron chi connectivity index (χ2n) is 9.09. The van der Waals surface area contributed by atoms with Crippen molar-refractivity contribution in [2.75, 3.05) is 6.61 Å². The number of hydrogen-bond acceptors (Lipinski definition) is 5. The molecule has 0 saturated heterocycles. The van der Waals surface area contributed by atoms with Crippen LogP contribution in [-0.4, -0.2) is 29.7 Å². The van der Waals surface area contributed by atoms with E-state index in [9.17, 15) is 9.59 Å². The van der Waals surface area contributed by atoms with Crippen LogP contribution in [0.3, 0.4) is 0 Å². The maximum atomic E-state index is 13.7. The van der Waals surface area contributed by atoms with Gasteiger partial charge in [0.1, 0.15) is 11.2 Å². The molecule has 0 fully saturated rings. The van der Waals surface area contributed by atoms with Gasteiger partial charge in [-0.25, -0.2) is 4.79 Å². The Morgan fingerprint density at radius 3 is 2.27 bits per heavy atom. The van der Waals surface area contributed by atoms with E-state index >= 15 is 0 Å². The van der Waals surface area contributed by atoms with Gasteiger partial charge in [-0.1, -0.05) is 54.8 Å². The Hall–Kier alpha value is -3.36. The molecule has 5 nitrogen and oxygen atoms in total. The van der Waals surface area contributed by atoms with Crippen LogP contribution in [0.2, 0.25) is 0 Å². The third-order valence-corrected chi connectivity index (χ3v) is 5.66. The number of carbonyl (C=O) groups is 2. The van der Waals surface area contributed by atoms with Gasteiger partial charge in [0.15, 0.2) is 18.1 Å². The molecule has 2 aromatic rings. The summed E-state index contributed by atoms with van der Waals surface area (Å²) in [6.07, 6.45) is 4.90. The highest BCUT2D eigenvalue weighted by Crippen LogP contribution is 2.43. The minimum Gasteiger partial charge on any atom is -0.421 e. The standard InChI is InChI=1S/C28H30O5/c1-8-16-31-26(30)32-25-23(24(29)27(4,5)33-28(25,6)7)22-17-21(15-14-19(22)9-2)20-12-10-18(3)11-13-20/h1,10-15,17H,9,16H2,2-7H3. The lowest BCUT2D eigenvalue weighted by Gasteiger charge is -2.42. The van der Waals surface area contributed by atoms with Crippen molar-refractivity contribution in [3.63, 3.8) is 0 Å². The average Bonchev–Trinajstić information content (AvgIpc) is 2.76. The van der Waals surface area contributed by atoms with E-state index in [4.69, 9.17) is 20.6 Å². The summed E-state index contributed by atoms with van der Waals surface area (Å²) in [7, 11) is 0. The predicted molar refractivity (Wildman–Crippen MR) is 128 cm³/mol. The second-order valence-corrected chi connectivity index (χ2v) is 9.09. The van der Waals surface area contributed by atoms with E-state index in [2.05, 4.69) is 5.92 Å². The number of terminal acetylenes is 1. The van der Waals surface area contributed by atoms with E-state index in [1.807, 2.05) is 56.3 Å². The summed E-state index contributed by atoms with van der Waals surface area (Å²) < 4.78 is 16.6. The highest BCUT2D eigenvalue weighted by atomic mass is 16.7. The highest BCUT2D eigenvalue weighted by Gasteiger charge is 2.49. The molecule has 172 valence electrons. The van der Waals surface area contributed by atoms with E-state index in [0.717, 1.165) is 22.3 Å². The Morgan fingerprint density at radius 1 is 1.03 bits per heavy atom. The van der Waals surface area contributed by atoms with Gasteiger partial charge in [-0.15, -0.1) is 6.42 Å². The summed E-state index contributed by atoms with van der Waals surface area (Å²) >= 11 is 0. The van der Waals surface area contributed by atoms with Gasteiger partial charge in [0.25, 0.3) is 0 Å². The summed E-state index contributed by atoms with van der Waals surface area (Å²) in [4.78, 5) is 26.0. The zero-order chi connectivity index (χ0) is 24.4. The van der Waals surface area contributed by atoms with E-state index < -0.39 is 17.4 Å². The zero-order valence-electron chi connectivity index (χ0n) is 20.1. The fourth-order valence-corrected chi connectivity index (χ4v) is 4.11. The van der Waals surface area contributed by atoms with Gasteiger partial charge >= 0.3 is 6.16 Å². The normalized spacial score (nSPS) is 16.8. The van der Waals surface area contributed by atoms with Crippen molar-refractivity contribution in [3.8, 4) is 23.5 Å². The first-order valence-corrected chi connectivity index (χ1v) is 11.0. The summed E-state index contributed by atoms with van der Waals surface area (Å²) in [6.45, 7) is 10.8. The van der Waals surface area contributed by atoms with E-state index in [1.54, 1.807) is 27.7 Å². The second kappa shape index (κ2) is 9.25. The van der Waals surface area contributed by atoms with Crippen LogP contribution < -0.4 is 0 Å². The van der Waals surface area contributed by atoms with Crippen LogP contribution in [0.4, 0.5) is 4.79 Å². The van der Waals surface area contributed by atoms with Gasteiger partial charge in [0, 0.05) is 0 Å². The van der Waals surface area contributed by atoms with Crippen molar-refractivity contribution in [1.82, 2.24) is 0 Å². The molecule has 0 aliphatic carbocycles. The van der Waals surface area contributed by atoms with Crippen molar-refractivity contribution in [2.45, 2.75) is 59.2 Å². The number of benzene rings is 2. The van der Waals surface area contributed by atoms with Gasteiger partial charge < -0.3 is 14.2 Å². The molecule has 0 spiro atoms. The molecule has 0 atom stereocenters. The number of rotatable bonds is 5. The van der Waals surface area contributed by atoms with Crippen molar-refractivity contribution in [1.29, 1.82) is 0 Å². The molecule has 33 heavy (non-hydrogen) atoms. The molecule has 1 aliphatic rings. The molecule has 1 aliphatic heterocycles. The first-order valence-electron chi connectivity index (χ1n) is 11.0. The first kappa shape index (κ1) is 24.3. The van der Waals surface area contributed by atoms with Gasteiger partial charge in [-0.3, -0.25) is 4.79 Å². The third kappa shape index (κ3) is 5.02. The average molecular weight is 447 g/mol. The van der Waals surface area contributed by atoms with Crippen molar-refractivity contribution in [3.05, 3.63) is 64.9 Å². The van der Waals surface area contributed by atoms with Crippen molar-refractivity contribution >= 4 is 17.5 Å². The predicted octanol–water partition coefficient (Wildman–Crippen LogP) is 5.88. The summed E-state index contributed by atoms with van der Waals surface area (Å²) in [5.41, 5.74) is 2.96. The maximum Gasteiger partial charge on any atom is 0.514 e. The number of ether oxygens (including phenoxy) is 3. The van der Waals surface area contributed by atoms with Crippen LogP contribution in [-0.2, 0) is 25.4 Å². The fraction of sp³-hybridized carbons (Fsp3) is 0.357. The van der Waals surface area contributed by atoms with E-state index in [1.165, 1.54) is 0 Å². The van der Waals surface area contributed by atoms with Crippen LogP contribution >= 0.6 is 0 Å². The van der Waals surface area contributed by atoms with Crippen LogP contribution in [0.25, 0.3) is 16.7 Å². The molecule has 0 saturated carbocycles. The molecule has 0 N–H and O–H groups in total. The van der Waals surface area contributed by atoms with Gasteiger partial charge in [-0.05, 0) is 69.4 Å². The topological polar surface area (TPSA) is 61.8 Å². The molecule has 0 radical (unpaired) electrons. The molecule has 0 aromatic heterocycles. The summed E-state index contributed by atoms with van der Waals surface area (Å²) in [6, 6.07) is 14.2. The molecule has 0 bridgehead atoms. The summed E-state index contributed by atoms with van der Waals surface area (Å²) in [5.74, 6) is 2.08. The maximum absolute atomic E-state index is 13.7. The number of carbonyl (C=O) groups excluding carboxylic acids is 2. The van der Waals surface area contributed by atoms with Gasteiger partial charge in [-0.2, -0.15) is 0 Å². The van der Waals surface area contributed by atoms with Crippen molar-refractivity contribution in [2.24, 2.45) is 0 Å². The lowest BCUT2D eigenvalue weighted by atomic mass is 9.80. The molecule has 2 aromatic carbocycles. The lowest BCUT2D eigenvalue weighted by Crippen LogP contribution is -2.50. The Labute approximate surface area is 195 Å². The Bertz CT molecular complexity index is 1140. The van der Waals surface area contributed by atoms with E-state index in [0.29, 0.717) is 17.6 Å².